The Morgan fingerprint density at radius 1 is 1.33 bits per heavy atom. The van der Waals surface area contributed by atoms with Crippen LogP contribution in [0, 0.1) is 0 Å². The van der Waals surface area contributed by atoms with Crippen LogP contribution in [0.3, 0.4) is 0 Å². The highest BCUT2D eigenvalue weighted by molar-refractivity contribution is 7.13. The number of benzene rings is 1. The molecule has 1 saturated heterocycles. The number of likely N-dealkylation sites (N-methyl/N-ethyl adjacent to an activating group) is 1. The van der Waals surface area contributed by atoms with E-state index in [1.165, 1.54) is 5.56 Å². The van der Waals surface area contributed by atoms with E-state index in [0.29, 0.717) is 6.42 Å². The third kappa shape index (κ3) is 4.41. The molecule has 2 aromatic rings. The molecular weight excluding hydrogens is 322 g/mol. The van der Waals surface area contributed by atoms with E-state index in [1.54, 1.807) is 30.3 Å². The zero-order chi connectivity index (χ0) is 16.9. The second-order valence-electron chi connectivity index (χ2n) is 6.20. The highest BCUT2D eigenvalue weighted by Gasteiger charge is 2.13. The summed E-state index contributed by atoms with van der Waals surface area (Å²) < 4.78 is 5.40. The summed E-state index contributed by atoms with van der Waals surface area (Å²) in [4.78, 5) is 20.4. The number of ether oxygens (including phenoxy) is 1. The Balaban J connectivity index is 1.69. The van der Waals surface area contributed by atoms with E-state index < -0.39 is 0 Å². The van der Waals surface area contributed by atoms with Crippen molar-refractivity contribution < 1.29 is 9.53 Å². The van der Waals surface area contributed by atoms with Gasteiger partial charge >= 0.3 is 0 Å². The molecule has 1 aromatic heterocycles. The number of carbonyl (C=O) groups is 1. The van der Waals surface area contributed by atoms with Crippen molar-refractivity contribution in [1.82, 2.24) is 14.8 Å². The summed E-state index contributed by atoms with van der Waals surface area (Å²) in [6, 6.07) is 8.52. The monoisotopic (exact) mass is 345 g/mol. The van der Waals surface area contributed by atoms with E-state index in [9.17, 15) is 4.79 Å². The lowest BCUT2D eigenvalue weighted by molar-refractivity contribution is -0.128. The van der Waals surface area contributed by atoms with Crippen molar-refractivity contribution in [3.05, 3.63) is 40.9 Å². The third-order valence-electron chi connectivity index (χ3n) is 4.07. The van der Waals surface area contributed by atoms with Gasteiger partial charge in [-0.05, 0) is 11.6 Å². The van der Waals surface area contributed by atoms with Crippen molar-refractivity contribution >= 4 is 17.2 Å². The molecule has 0 aliphatic carbocycles. The van der Waals surface area contributed by atoms with E-state index in [0.717, 1.165) is 49.1 Å². The van der Waals surface area contributed by atoms with Crippen molar-refractivity contribution in [2.24, 2.45) is 0 Å². The second-order valence-corrected chi connectivity index (χ2v) is 7.06. The van der Waals surface area contributed by atoms with Crippen molar-refractivity contribution in [1.29, 1.82) is 0 Å². The van der Waals surface area contributed by atoms with Gasteiger partial charge < -0.3 is 9.64 Å². The normalized spacial score (nSPS) is 15.4. The third-order valence-corrected chi connectivity index (χ3v) is 5.01. The number of hydrogen-bond acceptors (Lipinski definition) is 5. The van der Waals surface area contributed by atoms with Crippen molar-refractivity contribution in [2.45, 2.75) is 13.0 Å². The van der Waals surface area contributed by atoms with Crippen LogP contribution in [0.15, 0.2) is 29.6 Å². The smallest absolute Gasteiger partial charge is 0.228 e. The van der Waals surface area contributed by atoms with Crippen LogP contribution in [-0.2, 0) is 22.5 Å². The molecule has 0 saturated carbocycles. The van der Waals surface area contributed by atoms with Crippen LogP contribution in [0.2, 0.25) is 0 Å². The predicted molar refractivity (Wildman–Crippen MR) is 96.0 cm³/mol. The molecule has 1 aliphatic rings. The molecule has 3 rings (SSSR count). The Morgan fingerprint density at radius 3 is 2.88 bits per heavy atom. The maximum atomic E-state index is 11.8. The van der Waals surface area contributed by atoms with Gasteiger partial charge in [0.1, 0.15) is 5.01 Å². The first-order valence-corrected chi connectivity index (χ1v) is 9.04. The lowest BCUT2D eigenvalue weighted by Crippen LogP contribution is -2.35. The molecule has 1 aliphatic heterocycles. The topological polar surface area (TPSA) is 45.7 Å². The standard InChI is InChI=1S/C18H23N3O2S/c1-20(2)17(22)11-16-13-24-18(19-16)15-5-3-4-14(10-15)12-21-6-8-23-9-7-21/h3-5,10,13H,6-9,11-12H2,1-2H3. The number of nitrogens with zero attached hydrogens (tertiary/aromatic N) is 3. The number of morpholine rings is 1. The minimum absolute atomic E-state index is 0.0768. The van der Waals surface area contributed by atoms with Gasteiger partial charge in [0.2, 0.25) is 5.91 Å². The number of carbonyl (C=O) groups excluding carboxylic acids is 1. The molecular formula is C18H23N3O2S. The molecule has 0 bridgehead atoms. The number of thiazole rings is 1. The van der Waals surface area contributed by atoms with Gasteiger partial charge in [0.25, 0.3) is 0 Å². The minimum Gasteiger partial charge on any atom is -0.379 e. The fraction of sp³-hybridized carbons (Fsp3) is 0.444. The lowest BCUT2D eigenvalue weighted by Gasteiger charge is -2.26. The van der Waals surface area contributed by atoms with Crippen LogP contribution in [0.5, 0.6) is 0 Å². The average Bonchev–Trinajstić information content (AvgIpc) is 3.04. The molecule has 0 radical (unpaired) electrons. The van der Waals surface area contributed by atoms with Crippen LogP contribution in [0.4, 0.5) is 0 Å². The van der Waals surface area contributed by atoms with Crippen molar-refractivity contribution in [2.75, 3.05) is 40.4 Å². The summed E-state index contributed by atoms with van der Waals surface area (Å²) in [5, 5.41) is 2.95. The average molecular weight is 345 g/mol. The molecule has 5 nitrogen and oxygen atoms in total. The van der Waals surface area contributed by atoms with Gasteiger partial charge in [0.15, 0.2) is 0 Å². The molecule has 0 atom stereocenters. The Bertz CT molecular complexity index is 693. The van der Waals surface area contributed by atoms with Crippen molar-refractivity contribution in [3.63, 3.8) is 0 Å². The zero-order valence-electron chi connectivity index (χ0n) is 14.2. The van der Waals surface area contributed by atoms with Crippen LogP contribution < -0.4 is 0 Å². The van der Waals surface area contributed by atoms with E-state index >= 15 is 0 Å². The fourth-order valence-corrected chi connectivity index (χ4v) is 3.47. The first kappa shape index (κ1) is 17.1. The van der Waals surface area contributed by atoms with Gasteiger partial charge in [0, 0.05) is 44.7 Å². The Hall–Kier alpha value is -1.76. The summed E-state index contributed by atoms with van der Waals surface area (Å²) in [5.41, 5.74) is 3.25. The lowest BCUT2D eigenvalue weighted by atomic mass is 10.1. The summed E-state index contributed by atoms with van der Waals surface area (Å²) in [5.74, 6) is 0.0768. The molecule has 0 unspecified atom stereocenters. The van der Waals surface area contributed by atoms with E-state index in [-0.39, 0.29) is 5.91 Å². The number of aromatic nitrogens is 1. The highest BCUT2D eigenvalue weighted by Crippen LogP contribution is 2.25. The quantitative estimate of drug-likeness (QED) is 0.834. The molecule has 128 valence electrons. The van der Waals surface area contributed by atoms with Gasteiger partial charge in [-0.3, -0.25) is 9.69 Å². The first-order chi connectivity index (χ1) is 11.6. The van der Waals surface area contributed by atoms with Crippen molar-refractivity contribution in [3.8, 4) is 10.6 Å². The number of rotatable bonds is 5. The van der Waals surface area contributed by atoms with Crippen LogP contribution in [-0.4, -0.2) is 61.1 Å². The highest BCUT2D eigenvalue weighted by atomic mass is 32.1. The second kappa shape index (κ2) is 7.88. The molecule has 1 amide bonds. The maximum absolute atomic E-state index is 11.8. The maximum Gasteiger partial charge on any atom is 0.228 e. The van der Waals surface area contributed by atoms with E-state index in [2.05, 4.69) is 34.1 Å². The zero-order valence-corrected chi connectivity index (χ0v) is 15.0. The van der Waals surface area contributed by atoms with Crippen LogP contribution >= 0.6 is 11.3 Å². The molecule has 0 N–H and O–H groups in total. The van der Waals surface area contributed by atoms with Gasteiger partial charge in [-0.25, -0.2) is 4.98 Å². The largest absolute Gasteiger partial charge is 0.379 e. The van der Waals surface area contributed by atoms with Gasteiger partial charge in [-0.1, -0.05) is 18.2 Å². The summed E-state index contributed by atoms with van der Waals surface area (Å²) >= 11 is 1.60. The summed E-state index contributed by atoms with van der Waals surface area (Å²) in [7, 11) is 3.54. The Labute approximate surface area is 146 Å². The van der Waals surface area contributed by atoms with Gasteiger partial charge in [0.05, 0.1) is 25.3 Å². The Morgan fingerprint density at radius 2 is 2.12 bits per heavy atom. The number of amides is 1. The summed E-state index contributed by atoms with van der Waals surface area (Å²) in [6.45, 7) is 4.54. The number of hydrogen-bond donors (Lipinski definition) is 0. The molecule has 24 heavy (non-hydrogen) atoms. The van der Waals surface area contributed by atoms with Crippen LogP contribution in [0.25, 0.3) is 10.6 Å². The summed E-state index contributed by atoms with van der Waals surface area (Å²) in [6.07, 6.45) is 0.358. The molecule has 2 heterocycles. The van der Waals surface area contributed by atoms with Gasteiger partial charge in [-0.2, -0.15) is 0 Å². The molecule has 1 aromatic carbocycles. The molecule has 1 fully saturated rings. The van der Waals surface area contributed by atoms with Gasteiger partial charge in [-0.15, -0.1) is 11.3 Å². The predicted octanol–water partition coefficient (Wildman–Crippen LogP) is 2.27. The molecule has 0 spiro atoms. The molecule has 6 heteroatoms. The first-order valence-electron chi connectivity index (χ1n) is 8.16. The van der Waals surface area contributed by atoms with E-state index in [1.807, 2.05) is 5.38 Å². The van der Waals surface area contributed by atoms with E-state index in [4.69, 9.17) is 4.74 Å². The Kier molecular flexibility index (Phi) is 5.60. The fourth-order valence-electron chi connectivity index (χ4n) is 2.65. The SMILES string of the molecule is CN(C)C(=O)Cc1csc(-c2cccc(CN3CCOCC3)c2)n1. The van der Waals surface area contributed by atoms with Crippen LogP contribution in [0.1, 0.15) is 11.3 Å². The minimum atomic E-state index is 0.0768.